The fourth-order valence-electron chi connectivity index (χ4n) is 1.59. The number of carbonyl (C=O) groups is 1. The van der Waals surface area contributed by atoms with Gasteiger partial charge in [-0.15, -0.1) is 0 Å². The van der Waals surface area contributed by atoms with E-state index in [1.165, 1.54) is 0 Å². The maximum Gasteiger partial charge on any atom is 0.222 e. The fraction of sp³-hybridized carbons (Fsp3) is 0.600. The molecule has 0 bridgehead atoms. The predicted molar refractivity (Wildman–Crippen MR) is 77.6 cm³/mol. The van der Waals surface area contributed by atoms with Gasteiger partial charge in [0.15, 0.2) is 0 Å². The maximum absolute atomic E-state index is 11.6. The van der Waals surface area contributed by atoms with Crippen molar-refractivity contribution in [2.45, 2.75) is 39.7 Å². The standard InChI is InChI=1S/C15H24N2O3/c1-3-5-10-20-15-13(7-6-9-16-15)12-17-14(18)8-11-19-4-2/h6-7,9H,3-5,8,10-12H2,1-2H3,(H,17,18). The van der Waals surface area contributed by atoms with Crippen molar-refractivity contribution in [1.82, 2.24) is 10.3 Å². The number of rotatable bonds is 10. The summed E-state index contributed by atoms with van der Waals surface area (Å²) in [6.07, 6.45) is 4.15. The van der Waals surface area contributed by atoms with Crippen molar-refractivity contribution in [2.75, 3.05) is 19.8 Å². The molecule has 1 aromatic heterocycles. The molecule has 0 aliphatic rings. The van der Waals surface area contributed by atoms with Crippen LogP contribution in [-0.4, -0.2) is 30.7 Å². The number of nitrogens with zero attached hydrogens (tertiary/aromatic N) is 1. The highest BCUT2D eigenvalue weighted by molar-refractivity contribution is 5.76. The van der Waals surface area contributed by atoms with Crippen LogP contribution < -0.4 is 10.1 Å². The maximum atomic E-state index is 11.6. The van der Waals surface area contributed by atoms with E-state index in [1.807, 2.05) is 19.1 Å². The predicted octanol–water partition coefficient (Wildman–Crippen LogP) is 2.30. The molecule has 20 heavy (non-hydrogen) atoms. The molecular formula is C15H24N2O3. The zero-order valence-electron chi connectivity index (χ0n) is 12.4. The van der Waals surface area contributed by atoms with Gasteiger partial charge in [-0.25, -0.2) is 4.98 Å². The Labute approximate surface area is 120 Å². The van der Waals surface area contributed by atoms with E-state index in [-0.39, 0.29) is 5.91 Å². The number of unbranched alkanes of at least 4 members (excludes halogenated alkanes) is 1. The van der Waals surface area contributed by atoms with Crippen LogP contribution in [0.2, 0.25) is 0 Å². The lowest BCUT2D eigenvalue weighted by molar-refractivity contribution is -0.122. The first-order chi connectivity index (χ1) is 9.77. The number of aromatic nitrogens is 1. The highest BCUT2D eigenvalue weighted by Gasteiger charge is 2.06. The van der Waals surface area contributed by atoms with Gasteiger partial charge in [-0.05, 0) is 19.4 Å². The van der Waals surface area contributed by atoms with E-state index in [2.05, 4.69) is 17.2 Å². The molecule has 1 heterocycles. The van der Waals surface area contributed by atoms with Crippen LogP contribution >= 0.6 is 0 Å². The van der Waals surface area contributed by atoms with E-state index in [0.717, 1.165) is 18.4 Å². The van der Waals surface area contributed by atoms with Gasteiger partial charge in [0.25, 0.3) is 0 Å². The highest BCUT2D eigenvalue weighted by Crippen LogP contribution is 2.14. The molecule has 1 rings (SSSR count). The topological polar surface area (TPSA) is 60.5 Å². The van der Waals surface area contributed by atoms with Crippen molar-refractivity contribution >= 4 is 5.91 Å². The van der Waals surface area contributed by atoms with Gasteiger partial charge in [0.05, 0.1) is 13.2 Å². The van der Waals surface area contributed by atoms with E-state index in [4.69, 9.17) is 9.47 Å². The molecule has 0 saturated carbocycles. The number of nitrogens with one attached hydrogen (secondary N) is 1. The lowest BCUT2D eigenvalue weighted by Crippen LogP contribution is -2.24. The summed E-state index contributed by atoms with van der Waals surface area (Å²) in [6, 6.07) is 3.76. The van der Waals surface area contributed by atoms with Gasteiger partial charge in [-0.3, -0.25) is 4.79 Å². The first kappa shape index (κ1) is 16.4. The van der Waals surface area contributed by atoms with Gasteiger partial charge < -0.3 is 14.8 Å². The summed E-state index contributed by atoms with van der Waals surface area (Å²) >= 11 is 0. The molecule has 5 heteroatoms. The van der Waals surface area contributed by atoms with E-state index >= 15 is 0 Å². The average molecular weight is 280 g/mol. The molecule has 5 nitrogen and oxygen atoms in total. The Morgan fingerprint density at radius 2 is 2.20 bits per heavy atom. The molecule has 0 unspecified atom stereocenters. The molecule has 0 radical (unpaired) electrons. The van der Waals surface area contributed by atoms with Crippen molar-refractivity contribution in [2.24, 2.45) is 0 Å². The molecule has 0 aliphatic heterocycles. The molecule has 1 aromatic rings. The van der Waals surface area contributed by atoms with Crippen molar-refractivity contribution in [1.29, 1.82) is 0 Å². The third-order valence-electron chi connectivity index (χ3n) is 2.74. The number of carbonyl (C=O) groups excluding carboxylic acids is 1. The lowest BCUT2D eigenvalue weighted by atomic mass is 10.2. The summed E-state index contributed by atoms with van der Waals surface area (Å²) in [5.74, 6) is 0.577. The lowest BCUT2D eigenvalue weighted by Gasteiger charge is -2.10. The first-order valence-corrected chi connectivity index (χ1v) is 7.19. The number of ether oxygens (including phenoxy) is 2. The molecule has 0 aliphatic carbocycles. The zero-order valence-corrected chi connectivity index (χ0v) is 12.4. The van der Waals surface area contributed by atoms with Gasteiger partial charge >= 0.3 is 0 Å². The summed E-state index contributed by atoms with van der Waals surface area (Å²) in [6.45, 7) is 6.19. The van der Waals surface area contributed by atoms with Crippen LogP contribution in [0.1, 0.15) is 38.7 Å². The van der Waals surface area contributed by atoms with Crippen LogP contribution in [0.5, 0.6) is 5.88 Å². The number of pyridine rings is 1. The molecule has 1 N–H and O–H groups in total. The fourth-order valence-corrected chi connectivity index (χ4v) is 1.59. The molecule has 0 spiro atoms. The zero-order chi connectivity index (χ0) is 14.6. The second-order valence-corrected chi connectivity index (χ2v) is 4.39. The van der Waals surface area contributed by atoms with Crippen LogP contribution in [0.4, 0.5) is 0 Å². The largest absolute Gasteiger partial charge is 0.477 e. The molecule has 112 valence electrons. The molecule has 0 aromatic carbocycles. The third kappa shape index (κ3) is 6.52. The number of hydrogen-bond acceptors (Lipinski definition) is 4. The number of hydrogen-bond donors (Lipinski definition) is 1. The Morgan fingerprint density at radius 3 is 2.95 bits per heavy atom. The van der Waals surface area contributed by atoms with E-state index in [9.17, 15) is 4.79 Å². The molecule has 0 saturated heterocycles. The van der Waals surface area contributed by atoms with Crippen LogP contribution in [0.25, 0.3) is 0 Å². The first-order valence-electron chi connectivity index (χ1n) is 7.19. The Hall–Kier alpha value is -1.62. The van der Waals surface area contributed by atoms with E-state index < -0.39 is 0 Å². The minimum Gasteiger partial charge on any atom is -0.477 e. The van der Waals surface area contributed by atoms with Crippen molar-refractivity contribution in [3.63, 3.8) is 0 Å². The second kappa shape index (κ2) is 10.2. The van der Waals surface area contributed by atoms with Gasteiger partial charge in [0, 0.05) is 31.3 Å². The van der Waals surface area contributed by atoms with Crippen LogP contribution in [-0.2, 0) is 16.1 Å². The highest BCUT2D eigenvalue weighted by atomic mass is 16.5. The molecule has 1 amide bonds. The minimum absolute atomic E-state index is 0.0261. The van der Waals surface area contributed by atoms with Crippen LogP contribution in [0, 0.1) is 0 Å². The summed E-state index contributed by atoms with van der Waals surface area (Å²) in [7, 11) is 0. The monoisotopic (exact) mass is 280 g/mol. The third-order valence-corrected chi connectivity index (χ3v) is 2.74. The van der Waals surface area contributed by atoms with E-state index in [1.54, 1.807) is 6.20 Å². The minimum atomic E-state index is -0.0261. The van der Waals surface area contributed by atoms with Crippen molar-refractivity contribution in [3.8, 4) is 5.88 Å². The molecule has 0 fully saturated rings. The smallest absolute Gasteiger partial charge is 0.222 e. The molecular weight excluding hydrogens is 256 g/mol. The van der Waals surface area contributed by atoms with Crippen molar-refractivity contribution < 1.29 is 14.3 Å². The number of amides is 1. The van der Waals surface area contributed by atoms with Gasteiger partial charge in [-0.2, -0.15) is 0 Å². The Balaban J connectivity index is 2.40. The average Bonchev–Trinajstić information content (AvgIpc) is 2.47. The summed E-state index contributed by atoms with van der Waals surface area (Å²) in [4.78, 5) is 15.8. The quantitative estimate of drug-likeness (QED) is 0.668. The van der Waals surface area contributed by atoms with Crippen molar-refractivity contribution in [3.05, 3.63) is 23.9 Å². The van der Waals surface area contributed by atoms with Gasteiger partial charge in [-0.1, -0.05) is 19.4 Å². The Bertz CT molecular complexity index is 396. The van der Waals surface area contributed by atoms with Gasteiger partial charge in [0.1, 0.15) is 0 Å². The normalized spacial score (nSPS) is 10.3. The van der Waals surface area contributed by atoms with Crippen LogP contribution in [0.3, 0.4) is 0 Å². The summed E-state index contributed by atoms with van der Waals surface area (Å²) in [5.41, 5.74) is 0.897. The summed E-state index contributed by atoms with van der Waals surface area (Å²) in [5, 5.41) is 2.85. The molecule has 0 atom stereocenters. The second-order valence-electron chi connectivity index (χ2n) is 4.39. The Kier molecular flexibility index (Phi) is 8.38. The SMILES string of the molecule is CCCCOc1ncccc1CNC(=O)CCOCC. The Morgan fingerprint density at radius 1 is 1.35 bits per heavy atom. The van der Waals surface area contributed by atoms with Crippen LogP contribution in [0.15, 0.2) is 18.3 Å². The van der Waals surface area contributed by atoms with E-state index in [0.29, 0.717) is 38.7 Å². The van der Waals surface area contributed by atoms with Gasteiger partial charge in [0.2, 0.25) is 11.8 Å². The summed E-state index contributed by atoms with van der Waals surface area (Å²) < 4.78 is 10.8.